The topological polar surface area (TPSA) is 114 Å². The van der Waals surface area contributed by atoms with Gasteiger partial charge in [-0.3, -0.25) is 24.6 Å². The van der Waals surface area contributed by atoms with Crippen LogP contribution in [0.1, 0.15) is 10.4 Å². The first-order valence-corrected chi connectivity index (χ1v) is 9.96. The Morgan fingerprint density at radius 2 is 1.54 bits per heavy atom. The summed E-state index contributed by atoms with van der Waals surface area (Å²) >= 11 is 0. The first kappa shape index (κ1) is 18.9. The third kappa shape index (κ3) is 3.94. The molecule has 2 heterocycles. The van der Waals surface area contributed by atoms with E-state index in [0.29, 0.717) is 52.6 Å². The number of benzene rings is 1. The van der Waals surface area contributed by atoms with E-state index < -0.39 is 18.4 Å². The lowest BCUT2D eigenvalue weighted by Crippen LogP contribution is -2.48. The highest BCUT2D eigenvalue weighted by Crippen LogP contribution is 2.50. The summed E-state index contributed by atoms with van der Waals surface area (Å²) in [5.74, 6) is -0.724. The number of nitro groups is 1. The highest BCUT2D eigenvalue weighted by atomic mass is 31.2. The van der Waals surface area contributed by atoms with Crippen LogP contribution >= 0.6 is 7.59 Å². The lowest BCUT2D eigenvalue weighted by molar-refractivity contribution is -0.385. The molecule has 26 heavy (non-hydrogen) atoms. The fourth-order valence-electron chi connectivity index (χ4n) is 2.99. The Bertz CT molecular complexity index is 696. The number of ether oxygens (including phenoxy) is 2. The molecule has 3 rings (SSSR count). The quantitative estimate of drug-likeness (QED) is 0.456. The summed E-state index contributed by atoms with van der Waals surface area (Å²) < 4.78 is 27.9. The fourth-order valence-corrected chi connectivity index (χ4v) is 5.42. The molecule has 11 heteroatoms. The van der Waals surface area contributed by atoms with Crippen molar-refractivity contribution < 1.29 is 23.8 Å². The number of carbonyl (C=O) groups is 1. The molecule has 0 radical (unpaired) electrons. The first-order valence-electron chi connectivity index (χ1n) is 8.35. The summed E-state index contributed by atoms with van der Waals surface area (Å²) in [6, 6.07) is 5.63. The number of morpholine rings is 2. The predicted octanol–water partition coefficient (Wildman–Crippen LogP) is 1.10. The molecule has 0 bridgehead atoms. The second-order valence-electron chi connectivity index (χ2n) is 5.89. The van der Waals surface area contributed by atoms with E-state index >= 15 is 0 Å². The van der Waals surface area contributed by atoms with Crippen molar-refractivity contribution in [2.45, 2.75) is 0 Å². The van der Waals surface area contributed by atoms with Gasteiger partial charge >= 0.3 is 7.59 Å². The number of amides is 1. The highest BCUT2D eigenvalue weighted by molar-refractivity contribution is 7.57. The third-order valence-corrected chi connectivity index (χ3v) is 7.16. The first-order chi connectivity index (χ1) is 12.5. The van der Waals surface area contributed by atoms with Gasteiger partial charge in [0.15, 0.2) is 0 Å². The van der Waals surface area contributed by atoms with Crippen molar-refractivity contribution in [1.29, 1.82) is 0 Å². The number of rotatable bonds is 5. The van der Waals surface area contributed by atoms with Gasteiger partial charge < -0.3 is 9.47 Å². The van der Waals surface area contributed by atoms with Crippen LogP contribution < -0.4 is 5.09 Å². The van der Waals surface area contributed by atoms with Crippen molar-refractivity contribution in [3.8, 4) is 0 Å². The third-order valence-electron chi connectivity index (χ3n) is 4.33. The average molecular weight is 384 g/mol. The highest BCUT2D eigenvalue weighted by Gasteiger charge is 2.41. The zero-order valence-corrected chi connectivity index (χ0v) is 15.1. The molecule has 1 N–H and O–H groups in total. The molecule has 0 unspecified atom stereocenters. The van der Waals surface area contributed by atoms with E-state index in [-0.39, 0.29) is 11.3 Å². The maximum atomic E-state index is 13.8. The molecule has 1 aromatic rings. The molecule has 0 spiro atoms. The monoisotopic (exact) mass is 384 g/mol. The smallest absolute Gasteiger partial charge is 0.311 e. The van der Waals surface area contributed by atoms with Crippen LogP contribution in [0.15, 0.2) is 24.3 Å². The van der Waals surface area contributed by atoms with Gasteiger partial charge in [-0.25, -0.2) is 9.34 Å². The van der Waals surface area contributed by atoms with Crippen molar-refractivity contribution in [3.63, 3.8) is 0 Å². The number of hydrogen-bond acceptors (Lipinski definition) is 6. The van der Waals surface area contributed by atoms with Gasteiger partial charge in [-0.15, -0.1) is 0 Å². The van der Waals surface area contributed by atoms with Crippen LogP contribution in [-0.4, -0.2) is 72.8 Å². The molecule has 2 aliphatic heterocycles. The number of para-hydroxylation sites is 1. The van der Waals surface area contributed by atoms with Crippen molar-refractivity contribution in [1.82, 2.24) is 14.4 Å². The molecule has 0 aromatic heterocycles. The minimum absolute atomic E-state index is 0.112. The fraction of sp³-hybridized carbons (Fsp3) is 0.533. The molecule has 2 fully saturated rings. The minimum Gasteiger partial charge on any atom is -0.379 e. The Labute approximate surface area is 150 Å². The van der Waals surface area contributed by atoms with Crippen LogP contribution in [0.5, 0.6) is 0 Å². The van der Waals surface area contributed by atoms with Gasteiger partial charge in [0, 0.05) is 32.2 Å². The number of nitrogens with zero attached hydrogens (tertiary/aromatic N) is 3. The minimum atomic E-state index is -3.46. The summed E-state index contributed by atoms with van der Waals surface area (Å²) in [5, 5.41) is 13.8. The standard InChI is InChI=1S/C15H21N4O6P/c20-15(13-3-1-2-4-14(13)19(21)22)16-26(23,17-5-9-24-10-6-17)18-7-11-25-12-8-18/h1-4H,5-12H2,(H,16,20,23). The molecular weight excluding hydrogens is 363 g/mol. The number of nitrogens with one attached hydrogen (secondary N) is 1. The molecule has 2 saturated heterocycles. The van der Waals surface area contributed by atoms with E-state index in [1.807, 2.05) is 0 Å². The zero-order valence-electron chi connectivity index (χ0n) is 14.2. The molecule has 0 atom stereocenters. The molecular formula is C15H21N4O6P. The molecule has 0 aliphatic carbocycles. The van der Waals surface area contributed by atoms with Gasteiger partial charge in [-0.2, -0.15) is 0 Å². The SMILES string of the molecule is O=C(NP(=O)(N1CCOCC1)N1CCOCC1)c1ccccc1[N+](=O)[O-]. The second kappa shape index (κ2) is 8.24. The van der Waals surface area contributed by atoms with Gasteiger partial charge in [0.25, 0.3) is 11.6 Å². The van der Waals surface area contributed by atoms with Crippen LogP contribution in [0.3, 0.4) is 0 Å². The largest absolute Gasteiger partial charge is 0.379 e. The van der Waals surface area contributed by atoms with E-state index in [4.69, 9.17) is 9.47 Å². The Morgan fingerprint density at radius 1 is 1.04 bits per heavy atom. The van der Waals surface area contributed by atoms with Crippen molar-refractivity contribution in [2.24, 2.45) is 0 Å². The summed E-state index contributed by atoms with van der Waals surface area (Å²) in [6.45, 7) is 3.28. The van der Waals surface area contributed by atoms with Gasteiger partial charge in [-0.1, -0.05) is 12.1 Å². The molecule has 1 aromatic carbocycles. The van der Waals surface area contributed by atoms with Gasteiger partial charge in [0.1, 0.15) is 5.56 Å². The van der Waals surface area contributed by atoms with E-state index in [2.05, 4.69) is 5.09 Å². The molecule has 142 valence electrons. The van der Waals surface area contributed by atoms with E-state index in [1.165, 1.54) is 24.3 Å². The molecule has 0 saturated carbocycles. The summed E-state index contributed by atoms with van der Waals surface area (Å²) in [5.41, 5.74) is -0.431. The van der Waals surface area contributed by atoms with Gasteiger partial charge in [0.05, 0.1) is 31.4 Å². The molecule has 10 nitrogen and oxygen atoms in total. The van der Waals surface area contributed by atoms with Crippen molar-refractivity contribution >= 4 is 19.2 Å². The second-order valence-corrected chi connectivity index (χ2v) is 8.33. The number of hydrogen-bond donors (Lipinski definition) is 1. The maximum Gasteiger partial charge on any atom is 0.311 e. The van der Waals surface area contributed by atoms with E-state index in [1.54, 1.807) is 9.34 Å². The van der Waals surface area contributed by atoms with Crippen molar-refractivity contribution in [3.05, 3.63) is 39.9 Å². The summed E-state index contributed by atoms with van der Waals surface area (Å²) in [6.07, 6.45) is 0. The van der Waals surface area contributed by atoms with Crippen LogP contribution in [0.2, 0.25) is 0 Å². The summed E-state index contributed by atoms with van der Waals surface area (Å²) in [7, 11) is -3.46. The Kier molecular flexibility index (Phi) is 6.00. The van der Waals surface area contributed by atoms with Crippen LogP contribution in [0, 0.1) is 10.1 Å². The lowest BCUT2D eigenvalue weighted by atomic mass is 10.2. The number of nitro benzene ring substituents is 1. The zero-order chi connectivity index (χ0) is 18.6. The Morgan fingerprint density at radius 3 is 2.04 bits per heavy atom. The lowest BCUT2D eigenvalue weighted by Gasteiger charge is -2.41. The van der Waals surface area contributed by atoms with Gasteiger partial charge in [-0.05, 0) is 6.07 Å². The number of carbonyl (C=O) groups excluding carboxylic acids is 1. The van der Waals surface area contributed by atoms with E-state index in [0.717, 1.165) is 0 Å². The van der Waals surface area contributed by atoms with E-state index in [9.17, 15) is 19.5 Å². The van der Waals surface area contributed by atoms with Crippen LogP contribution in [-0.2, 0) is 14.0 Å². The molecule has 1 amide bonds. The predicted molar refractivity (Wildman–Crippen MR) is 93.0 cm³/mol. The summed E-state index contributed by atoms with van der Waals surface area (Å²) in [4.78, 5) is 23.3. The Hall–Kier alpha value is -1.84. The maximum absolute atomic E-state index is 13.8. The van der Waals surface area contributed by atoms with Gasteiger partial charge in [0.2, 0.25) is 0 Å². The normalized spacial score (nSPS) is 19.8. The average Bonchev–Trinajstić information content (AvgIpc) is 2.69. The van der Waals surface area contributed by atoms with Crippen LogP contribution in [0.4, 0.5) is 5.69 Å². The Balaban J connectivity index is 1.89. The molecule has 2 aliphatic rings. The van der Waals surface area contributed by atoms with Crippen LogP contribution in [0.25, 0.3) is 0 Å². The van der Waals surface area contributed by atoms with Crippen molar-refractivity contribution in [2.75, 3.05) is 52.6 Å².